The van der Waals surface area contributed by atoms with Crippen molar-refractivity contribution in [3.05, 3.63) is 0 Å². The normalized spacial score (nSPS) is 33.5. The first-order valence-electron chi connectivity index (χ1n) is 6.82. The molecule has 0 radical (unpaired) electrons. The van der Waals surface area contributed by atoms with Gasteiger partial charge in [0.15, 0.2) is 5.17 Å². The van der Waals surface area contributed by atoms with E-state index in [2.05, 4.69) is 23.5 Å². The van der Waals surface area contributed by atoms with E-state index in [1.54, 1.807) is 0 Å². The van der Waals surface area contributed by atoms with E-state index in [4.69, 9.17) is 0 Å². The Kier molecular flexibility index (Phi) is 5.54. The van der Waals surface area contributed by atoms with E-state index in [1.165, 1.54) is 43.7 Å². The van der Waals surface area contributed by atoms with Crippen LogP contribution < -0.4 is 5.32 Å². The van der Waals surface area contributed by atoms with Crippen LogP contribution >= 0.6 is 23.5 Å². The molecule has 2 rings (SSSR count). The van der Waals surface area contributed by atoms with Crippen LogP contribution in [0.5, 0.6) is 0 Å². The zero-order valence-electron chi connectivity index (χ0n) is 10.9. The van der Waals surface area contributed by atoms with Crippen molar-refractivity contribution in [2.24, 2.45) is 4.99 Å². The molecular weight excluding hydrogens is 248 g/mol. The Balaban J connectivity index is 1.74. The van der Waals surface area contributed by atoms with Gasteiger partial charge in [-0.1, -0.05) is 31.5 Å². The topological polar surface area (TPSA) is 24.4 Å². The second-order valence-corrected chi connectivity index (χ2v) is 7.47. The average Bonchev–Trinajstić information content (AvgIpc) is 2.77. The lowest BCUT2D eigenvalue weighted by Gasteiger charge is -2.29. The zero-order chi connectivity index (χ0) is 12.1. The summed E-state index contributed by atoms with van der Waals surface area (Å²) >= 11 is 4.00. The maximum atomic E-state index is 4.64. The lowest BCUT2D eigenvalue weighted by molar-refractivity contribution is 0.424. The quantitative estimate of drug-likeness (QED) is 0.847. The number of hydrogen-bond donors (Lipinski definition) is 1. The van der Waals surface area contributed by atoms with E-state index in [-0.39, 0.29) is 0 Å². The Labute approximate surface area is 114 Å². The summed E-state index contributed by atoms with van der Waals surface area (Å²) in [5.74, 6) is 0. The molecule has 1 saturated carbocycles. The molecule has 0 aromatic carbocycles. The number of aliphatic imine (C=N–C) groups is 1. The molecule has 0 spiro atoms. The third kappa shape index (κ3) is 4.09. The molecule has 1 aliphatic carbocycles. The Hall–Kier alpha value is 0.170. The van der Waals surface area contributed by atoms with Gasteiger partial charge >= 0.3 is 0 Å². The third-order valence-corrected chi connectivity index (χ3v) is 5.90. The van der Waals surface area contributed by atoms with Gasteiger partial charge in [0, 0.05) is 16.5 Å². The van der Waals surface area contributed by atoms with E-state index in [0.29, 0.717) is 6.04 Å². The van der Waals surface area contributed by atoms with E-state index in [9.17, 15) is 0 Å². The summed E-state index contributed by atoms with van der Waals surface area (Å²) in [4.78, 5) is 4.64. The van der Waals surface area contributed by atoms with Crippen molar-refractivity contribution in [1.82, 2.24) is 5.32 Å². The molecule has 3 unspecified atom stereocenters. The zero-order valence-corrected chi connectivity index (χ0v) is 12.6. The van der Waals surface area contributed by atoms with Crippen molar-refractivity contribution in [1.29, 1.82) is 0 Å². The van der Waals surface area contributed by atoms with Crippen LogP contribution in [0.1, 0.15) is 45.4 Å². The summed E-state index contributed by atoms with van der Waals surface area (Å²) in [5, 5.41) is 6.49. The highest BCUT2D eigenvalue weighted by molar-refractivity contribution is 8.14. The van der Waals surface area contributed by atoms with Gasteiger partial charge in [-0.2, -0.15) is 11.8 Å². The number of hydrogen-bond acceptors (Lipinski definition) is 4. The second kappa shape index (κ2) is 6.93. The van der Waals surface area contributed by atoms with Gasteiger partial charge in [-0.05, 0) is 31.9 Å². The van der Waals surface area contributed by atoms with E-state index >= 15 is 0 Å². The van der Waals surface area contributed by atoms with Crippen LogP contribution in [0.25, 0.3) is 0 Å². The van der Waals surface area contributed by atoms with Gasteiger partial charge in [0.2, 0.25) is 0 Å². The largest absolute Gasteiger partial charge is 0.362 e. The first-order chi connectivity index (χ1) is 8.31. The summed E-state index contributed by atoms with van der Waals surface area (Å²) in [6.07, 6.45) is 10.2. The standard InChI is InChI=1S/C13H24N2S2/c1-3-5-12-9-14-13(17-12)15-10-6-4-7-11(8-10)16-2/h10-12H,3-9H2,1-2H3,(H,14,15). The maximum Gasteiger partial charge on any atom is 0.157 e. The lowest BCUT2D eigenvalue weighted by atomic mass is 9.95. The van der Waals surface area contributed by atoms with Crippen molar-refractivity contribution >= 4 is 28.7 Å². The predicted molar refractivity (Wildman–Crippen MR) is 81.3 cm³/mol. The Morgan fingerprint density at radius 3 is 3.12 bits per heavy atom. The fourth-order valence-electron chi connectivity index (χ4n) is 2.63. The molecule has 1 N–H and O–H groups in total. The fourth-order valence-corrected chi connectivity index (χ4v) is 4.66. The van der Waals surface area contributed by atoms with Gasteiger partial charge in [0.25, 0.3) is 0 Å². The molecule has 2 nitrogen and oxygen atoms in total. The lowest BCUT2D eigenvalue weighted by Crippen LogP contribution is -2.37. The van der Waals surface area contributed by atoms with Crippen molar-refractivity contribution in [3.63, 3.8) is 0 Å². The molecule has 4 heteroatoms. The van der Waals surface area contributed by atoms with Crippen LogP contribution in [-0.2, 0) is 0 Å². The highest BCUT2D eigenvalue weighted by atomic mass is 32.2. The molecule has 0 aromatic heterocycles. The fraction of sp³-hybridized carbons (Fsp3) is 0.923. The molecule has 1 heterocycles. The average molecular weight is 272 g/mol. The van der Waals surface area contributed by atoms with Crippen LogP contribution in [0.3, 0.4) is 0 Å². The van der Waals surface area contributed by atoms with Crippen molar-refractivity contribution in [3.8, 4) is 0 Å². The molecule has 0 aromatic rings. The van der Waals surface area contributed by atoms with Crippen molar-refractivity contribution in [2.45, 2.75) is 62.0 Å². The number of thioether (sulfide) groups is 2. The number of amidine groups is 1. The molecule has 98 valence electrons. The highest BCUT2D eigenvalue weighted by Gasteiger charge is 2.25. The minimum absolute atomic E-state index is 0.674. The van der Waals surface area contributed by atoms with Crippen LogP contribution in [0.2, 0.25) is 0 Å². The van der Waals surface area contributed by atoms with Gasteiger partial charge in [0.05, 0.1) is 6.54 Å². The van der Waals surface area contributed by atoms with Gasteiger partial charge < -0.3 is 5.32 Å². The van der Waals surface area contributed by atoms with Crippen LogP contribution in [0.15, 0.2) is 4.99 Å². The van der Waals surface area contributed by atoms with Gasteiger partial charge in [-0.25, -0.2) is 0 Å². The van der Waals surface area contributed by atoms with Crippen LogP contribution in [0.4, 0.5) is 0 Å². The summed E-state index contributed by atoms with van der Waals surface area (Å²) < 4.78 is 0. The molecule has 0 saturated heterocycles. The minimum atomic E-state index is 0.674. The molecule has 0 amide bonds. The Bertz CT molecular complexity index is 268. The molecule has 0 bridgehead atoms. The minimum Gasteiger partial charge on any atom is -0.362 e. The van der Waals surface area contributed by atoms with Crippen LogP contribution in [0, 0.1) is 0 Å². The molecular formula is C13H24N2S2. The summed E-state index contributed by atoms with van der Waals surface area (Å²) in [5.41, 5.74) is 0. The number of nitrogens with zero attached hydrogens (tertiary/aromatic N) is 1. The molecule has 2 aliphatic rings. The van der Waals surface area contributed by atoms with E-state index in [0.717, 1.165) is 17.0 Å². The smallest absolute Gasteiger partial charge is 0.157 e. The summed E-state index contributed by atoms with van der Waals surface area (Å²) in [7, 11) is 0. The van der Waals surface area contributed by atoms with E-state index < -0.39 is 0 Å². The number of nitrogens with one attached hydrogen (secondary N) is 1. The van der Waals surface area contributed by atoms with Crippen LogP contribution in [-0.4, -0.2) is 34.5 Å². The molecule has 3 atom stereocenters. The van der Waals surface area contributed by atoms with Gasteiger partial charge in [0.1, 0.15) is 0 Å². The molecule has 1 aliphatic heterocycles. The highest BCUT2D eigenvalue weighted by Crippen LogP contribution is 2.29. The summed E-state index contributed by atoms with van der Waals surface area (Å²) in [6.45, 7) is 3.29. The first kappa shape index (κ1) is 13.6. The van der Waals surface area contributed by atoms with E-state index in [1.807, 2.05) is 23.5 Å². The van der Waals surface area contributed by atoms with Crippen molar-refractivity contribution < 1.29 is 0 Å². The predicted octanol–water partition coefficient (Wildman–Crippen LogP) is 3.52. The van der Waals surface area contributed by atoms with Gasteiger partial charge in [-0.15, -0.1) is 0 Å². The van der Waals surface area contributed by atoms with Gasteiger partial charge in [-0.3, -0.25) is 4.99 Å². The molecule has 17 heavy (non-hydrogen) atoms. The monoisotopic (exact) mass is 272 g/mol. The van der Waals surface area contributed by atoms with Crippen molar-refractivity contribution in [2.75, 3.05) is 12.8 Å². The molecule has 1 fully saturated rings. The SMILES string of the molecule is CCCC1CN=C(NC2CCCC(SC)C2)S1. The third-order valence-electron chi connectivity index (χ3n) is 3.61. The Morgan fingerprint density at radius 1 is 1.47 bits per heavy atom. The summed E-state index contributed by atoms with van der Waals surface area (Å²) in [6, 6.07) is 0.674. The Morgan fingerprint density at radius 2 is 2.35 bits per heavy atom. The first-order valence-corrected chi connectivity index (χ1v) is 8.99. The second-order valence-electron chi connectivity index (χ2n) is 5.04. The maximum absolute atomic E-state index is 4.64. The number of rotatable bonds is 4.